The summed E-state index contributed by atoms with van der Waals surface area (Å²) in [6.07, 6.45) is 4.97. The zero-order chi connectivity index (χ0) is 13.2. The highest BCUT2D eigenvalue weighted by Gasteiger charge is 2.34. The lowest BCUT2D eigenvalue weighted by Crippen LogP contribution is -2.36. The maximum Gasteiger partial charge on any atom is 0.337 e. The molecule has 0 spiro atoms. The van der Waals surface area contributed by atoms with Gasteiger partial charge in [0.1, 0.15) is 0 Å². The van der Waals surface area contributed by atoms with E-state index in [4.69, 9.17) is 0 Å². The Bertz CT molecular complexity index is 444. The molecule has 1 fully saturated rings. The topological polar surface area (TPSA) is 49.3 Å². The first-order valence-electron chi connectivity index (χ1n) is 6.64. The summed E-state index contributed by atoms with van der Waals surface area (Å²) in [6, 6.07) is 5.55. The highest BCUT2D eigenvalue weighted by Crippen LogP contribution is 2.43. The number of benzene rings is 1. The largest absolute Gasteiger partial charge is 0.478 e. The second-order valence-corrected chi connectivity index (χ2v) is 5.41. The number of anilines is 1. The number of nitrogens with one attached hydrogen (secondary N) is 1. The van der Waals surface area contributed by atoms with Gasteiger partial charge in [-0.3, -0.25) is 0 Å². The first-order valence-corrected chi connectivity index (χ1v) is 6.64. The number of hydrogen-bond donors (Lipinski definition) is 2. The molecule has 0 aliphatic heterocycles. The Kier molecular flexibility index (Phi) is 3.60. The maximum atomic E-state index is 11.2. The molecule has 0 unspecified atom stereocenters. The molecule has 2 N–H and O–H groups in total. The fraction of sp³-hybridized carbons (Fsp3) is 0.533. The van der Waals surface area contributed by atoms with Crippen molar-refractivity contribution in [3.8, 4) is 0 Å². The van der Waals surface area contributed by atoms with Gasteiger partial charge < -0.3 is 10.4 Å². The number of rotatable bonds is 5. The molecule has 0 amide bonds. The zero-order valence-electron chi connectivity index (χ0n) is 11.1. The van der Waals surface area contributed by atoms with Gasteiger partial charge >= 0.3 is 5.97 Å². The van der Waals surface area contributed by atoms with Crippen molar-refractivity contribution in [2.45, 2.75) is 39.5 Å². The van der Waals surface area contributed by atoms with Gasteiger partial charge in [0.2, 0.25) is 0 Å². The number of aromatic carboxylic acids is 1. The average molecular weight is 247 g/mol. The van der Waals surface area contributed by atoms with Gasteiger partial charge in [-0.15, -0.1) is 0 Å². The normalized spacial score (nSPS) is 17.0. The number of aryl methyl sites for hydroxylation is 1. The van der Waals surface area contributed by atoms with Crippen LogP contribution >= 0.6 is 0 Å². The molecule has 1 saturated carbocycles. The van der Waals surface area contributed by atoms with Crippen LogP contribution < -0.4 is 5.32 Å². The second kappa shape index (κ2) is 5.01. The predicted molar refractivity (Wildman–Crippen MR) is 73.2 cm³/mol. The zero-order valence-corrected chi connectivity index (χ0v) is 11.1. The van der Waals surface area contributed by atoms with Crippen molar-refractivity contribution in [2.75, 3.05) is 11.9 Å². The van der Waals surface area contributed by atoms with Crippen LogP contribution in [0.3, 0.4) is 0 Å². The van der Waals surface area contributed by atoms with Crippen molar-refractivity contribution < 1.29 is 9.90 Å². The number of carbonyl (C=O) groups is 1. The molecular weight excluding hydrogens is 226 g/mol. The third kappa shape index (κ3) is 2.50. The third-order valence-corrected chi connectivity index (χ3v) is 4.22. The Balaban J connectivity index is 2.11. The first-order chi connectivity index (χ1) is 8.56. The molecule has 1 aromatic carbocycles. The summed E-state index contributed by atoms with van der Waals surface area (Å²) < 4.78 is 0. The van der Waals surface area contributed by atoms with E-state index in [1.54, 1.807) is 6.07 Å². The number of carboxylic acid groups (broad SMARTS) is 1. The summed E-state index contributed by atoms with van der Waals surface area (Å²) in [7, 11) is 0. The smallest absolute Gasteiger partial charge is 0.337 e. The van der Waals surface area contributed by atoms with Gasteiger partial charge in [-0.05, 0) is 43.7 Å². The van der Waals surface area contributed by atoms with Crippen molar-refractivity contribution in [1.82, 2.24) is 0 Å². The van der Waals surface area contributed by atoms with E-state index in [0.717, 1.165) is 24.2 Å². The van der Waals surface area contributed by atoms with Crippen LogP contribution in [-0.2, 0) is 0 Å². The van der Waals surface area contributed by atoms with E-state index in [0.29, 0.717) is 11.0 Å². The minimum Gasteiger partial charge on any atom is -0.478 e. The van der Waals surface area contributed by atoms with Crippen molar-refractivity contribution in [1.29, 1.82) is 0 Å². The average Bonchev–Trinajstić information content (AvgIpc) is 2.29. The summed E-state index contributed by atoms with van der Waals surface area (Å²) in [6.45, 7) is 5.01. The first kappa shape index (κ1) is 12.9. The molecule has 1 aliphatic rings. The number of carboxylic acids is 1. The van der Waals surface area contributed by atoms with E-state index in [1.807, 2.05) is 19.1 Å². The highest BCUT2D eigenvalue weighted by molar-refractivity contribution is 5.94. The Morgan fingerprint density at radius 2 is 2.17 bits per heavy atom. The monoisotopic (exact) mass is 247 g/mol. The molecule has 2 rings (SSSR count). The van der Waals surface area contributed by atoms with E-state index in [-0.39, 0.29) is 0 Å². The van der Waals surface area contributed by atoms with Crippen molar-refractivity contribution in [3.63, 3.8) is 0 Å². The fourth-order valence-electron chi connectivity index (χ4n) is 2.60. The Morgan fingerprint density at radius 1 is 1.44 bits per heavy atom. The van der Waals surface area contributed by atoms with Crippen LogP contribution in [-0.4, -0.2) is 17.6 Å². The Hall–Kier alpha value is -1.51. The van der Waals surface area contributed by atoms with Crippen molar-refractivity contribution >= 4 is 11.7 Å². The summed E-state index contributed by atoms with van der Waals surface area (Å²) in [4.78, 5) is 11.2. The Labute approximate surface area is 108 Å². The highest BCUT2D eigenvalue weighted by atomic mass is 16.4. The van der Waals surface area contributed by atoms with E-state index in [2.05, 4.69) is 12.2 Å². The maximum absolute atomic E-state index is 11.2. The van der Waals surface area contributed by atoms with Crippen LogP contribution in [0.2, 0.25) is 0 Å². The van der Waals surface area contributed by atoms with Gasteiger partial charge in [0.15, 0.2) is 0 Å². The molecule has 0 bridgehead atoms. The van der Waals surface area contributed by atoms with Crippen LogP contribution in [0.1, 0.15) is 48.5 Å². The van der Waals surface area contributed by atoms with Gasteiger partial charge in [0.05, 0.1) is 5.56 Å². The fourth-order valence-corrected chi connectivity index (χ4v) is 2.60. The Morgan fingerprint density at radius 3 is 2.67 bits per heavy atom. The summed E-state index contributed by atoms with van der Waals surface area (Å²) in [5.74, 6) is -0.861. The van der Waals surface area contributed by atoms with Crippen LogP contribution in [0, 0.1) is 12.3 Å². The SMILES string of the molecule is CCC1(CNc2ccc(C)cc2C(=O)O)CCC1. The van der Waals surface area contributed by atoms with E-state index in [9.17, 15) is 9.90 Å². The van der Waals surface area contributed by atoms with Crippen molar-refractivity contribution in [2.24, 2.45) is 5.41 Å². The molecule has 3 heteroatoms. The molecule has 98 valence electrons. The summed E-state index contributed by atoms with van der Waals surface area (Å²) in [5.41, 5.74) is 2.49. The minimum atomic E-state index is -0.861. The van der Waals surface area contributed by atoms with E-state index < -0.39 is 5.97 Å². The van der Waals surface area contributed by atoms with Crippen LogP contribution in [0.15, 0.2) is 18.2 Å². The molecular formula is C15H21NO2. The lowest BCUT2D eigenvalue weighted by atomic mass is 9.67. The van der Waals surface area contributed by atoms with Gasteiger partial charge in [-0.1, -0.05) is 25.0 Å². The van der Waals surface area contributed by atoms with Crippen molar-refractivity contribution in [3.05, 3.63) is 29.3 Å². The van der Waals surface area contributed by atoms with Gasteiger partial charge in [0, 0.05) is 12.2 Å². The van der Waals surface area contributed by atoms with Crippen LogP contribution in [0.5, 0.6) is 0 Å². The molecule has 0 aromatic heterocycles. The van der Waals surface area contributed by atoms with E-state index in [1.165, 1.54) is 19.3 Å². The summed E-state index contributed by atoms with van der Waals surface area (Å²) >= 11 is 0. The lowest BCUT2D eigenvalue weighted by molar-refractivity contribution is 0.0697. The standard InChI is InChI=1S/C15H21NO2/c1-3-15(7-4-8-15)10-16-13-6-5-11(2)9-12(13)14(17)18/h5-6,9,16H,3-4,7-8,10H2,1-2H3,(H,17,18). The molecule has 0 radical (unpaired) electrons. The molecule has 0 heterocycles. The van der Waals surface area contributed by atoms with Crippen LogP contribution in [0.4, 0.5) is 5.69 Å². The molecule has 3 nitrogen and oxygen atoms in total. The van der Waals surface area contributed by atoms with Crippen LogP contribution in [0.25, 0.3) is 0 Å². The molecule has 0 atom stereocenters. The molecule has 0 saturated heterocycles. The minimum absolute atomic E-state index is 0.376. The predicted octanol–water partition coefficient (Wildman–Crippen LogP) is 3.69. The molecule has 1 aliphatic carbocycles. The van der Waals surface area contributed by atoms with Gasteiger partial charge in [0.25, 0.3) is 0 Å². The molecule has 18 heavy (non-hydrogen) atoms. The van der Waals surface area contributed by atoms with Gasteiger partial charge in [-0.2, -0.15) is 0 Å². The van der Waals surface area contributed by atoms with Gasteiger partial charge in [-0.25, -0.2) is 4.79 Å². The lowest BCUT2D eigenvalue weighted by Gasteiger charge is -2.41. The number of hydrogen-bond acceptors (Lipinski definition) is 2. The van der Waals surface area contributed by atoms with E-state index >= 15 is 0 Å². The molecule has 1 aromatic rings. The quantitative estimate of drug-likeness (QED) is 0.834. The summed E-state index contributed by atoms with van der Waals surface area (Å²) in [5, 5.41) is 12.5. The third-order valence-electron chi connectivity index (χ3n) is 4.22. The second-order valence-electron chi connectivity index (χ2n) is 5.41.